The number of fused-ring (bicyclic) bond motifs is 1. The third kappa shape index (κ3) is 2.64. The number of nitrogen functional groups attached to an aromatic ring is 1. The van der Waals surface area contributed by atoms with Gasteiger partial charge >= 0.3 is 0 Å². The number of nitrogens with two attached hydrogens (primary N) is 1. The lowest BCUT2D eigenvalue weighted by Gasteiger charge is -2.14. The predicted octanol–water partition coefficient (Wildman–Crippen LogP) is 1.70. The van der Waals surface area contributed by atoms with Crippen molar-refractivity contribution in [2.75, 3.05) is 12.3 Å². The largest absolute Gasteiger partial charge is 0.473 e. The van der Waals surface area contributed by atoms with Gasteiger partial charge < -0.3 is 20.1 Å². The molecule has 0 spiro atoms. The van der Waals surface area contributed by atoms with Crippen LogP contribution in [0.2, 0.25) is 0 Å². The highest BCUT2D eigenvalue weighted by atomic mass is 16.5. The molecule has 7 heteroatoms. The molecule has 3 unspecified atom stereocenters. The average Bonchev–Trinajstić information content (AvgIpc) is 3.12. The van der Waals surface area contributed by atoms with Crippen LogP contribution in [0.4, 0.5) is 5.95 Å². The van der Waals surface area contributed by atoms with Crippen molar-refractivity contribution < 1.29 is 9.84 Å². The molecule has 0 fully saturated rings. The Hall–Kier alpha value is -2.15. The molecule has 3 N–H and O–H groups in total. The highest BCUT2D eigenvalue weighted by molar-refractivity contribution is 5.77. The van der Waals surface area contributed by atoms with E-state index in [4.69, 9.17) is 10.5 Å². The fraction of sp³-hybridized carbons (Fsp3) is 0.533. The molecule has 0 aromatic carbocycles. The Bertz CT molecular complexity index is 697. The van der Waals surface area contributed by atoms with Gasteiger partial charge in [0.2, 0.25) is 11.8 Å². The number of rotatable bonds is 5. The molecule has 2 heterocycles. The van der Waals surface area contributed by atoms with Gasteiger partial charge in [0.15, 0.2) is 11.2 Å². The molecule has 7 nitrogen and oxygen atoms in total. The van der Waals surface area contributed by atoms with Crippen LogP contribution in [0, 0.1) is 5.92 Å². The lowest BCUT2D eigenvalue weighted by Crippen LogP contribution is -2.13. The summed E-state index contributed by atoms with van der Waals surface area (Å²) in [6.07, 6.45) is 7.56. The number of aliphatic hydroxyl groups is 1. The molecule has 1 aliphatic rings. The van der Waals surface area contributed by atoms with Crippen molar-refractivity contribution in [2.24, 2.45) is 5.92 Å². The molecule has 0 aliphatic heterocycles. The normalized spacial score (nSPS) is 22.3. The second-order valence-corrected chi connectivity index (χ2v) is 5.68. The molecule has 0 bridgehead atoms. The van der Waals surface area contributed by atoms with Crippen molar-refractivity contribution in [1.82, 2.24) is 19.5 Å². The van der Waals surface area contributed by atoms with Gasteiger partial charge in [-0.15, -0.1) is 0 Å². The van der Waals surface area contributed by atoms with E-state index in [9.17, 15) is 5.11 Å². The van der Waals surface area contributed by atoms with Crippen molar-refractivity contribution in [2.45, 2.75) is 38.8 Å². The first-order chi connectivity index (χ1) is 10.6. The number of nitrogens with zero attached hydrogens (tertiary/aromatic N) is 4. The van der Waals surface area contributed by atoms with Gasteiger partial charge in [0.1, 0.15) is 0 Å². The molecule has 22 heavy (non-hydrogen) atoms. The highest BCUT2D eigenvalue weighted by Crippen LogP contribution is 2.32. The summed E-state index contributed by atoms with van der Waals surface area (Å²) < 4.78 is 7.77. The van der Waals surface area contributed by atoms with E-state index in [2.05, 4.69) is 21.0 Å². The van der Waals surface area contributed by atoms with Crippen LogP contribution in [0.15, 0.2) is 18.5 Å². The van der Waals surface area contributed by atoms with E-state index in [1.807, 2.05) is 24.5 Å². The van der Waals surface area contributed by atoms with E-state index in [1.54, 1.807) is 6.33 Å². The van der Waals surface area contributed by atoms with Gasteiger partial charge in [-0.05, 0) is 19.8 Å². The van der Waals surface area contributed by atoms with Crippen LogP contribution in [-0.4, -0.2) is 37.3 Å². The molecule has 2 aromatic heterocycles. The summed E-state index contributed by atoms with van der Waals surface area (Å²) in [5.41, 5.74) is 7.11. The molecular weight excluding hydrogens is 282 g/mol. The lowest BCUT2D eigenvalue weighted by atomic mass is 10.1. The quantitative estimate of drug-likeness (QED) is 0.816. The molecule has 1 aliphatic carbocycles. The summed E-state index contributed by atoms with van der Waals surface area (Å²) in [4.78, 5) is 12.9. The van der Waals surface area contributed by atoms with Gasteiger partial charge in [-0.1, -0.05) is 19.1 Å². The fourth-order valence-corrected chi connectivity index (χ4v) is 2.60. The summed E-state index contributed by atoms with van der Waals surface area (Å²) >= 11 is 0. The number of ether oxygens (including phenoxy) is 1. The molecule has 0 saturated carbocycles. The van der Waals surface area contributed by atoms with E-state index in [0.717, 1.165) is 12.8 Å². The van der Waals surface area contributed by atoms with Crippen LogP contribution < -0.4 is 10.5 Å². The van der Waals surface area contributed by atoms with Gasteiger partial charge in [0, 0.05) is 12.5 Å². The smallest absolute Gasteiger partial charge is 0.247 e. The maximum Gasteiger partial charge on any atom is 0.247 e. The van der Waals surface area contributed by atoms with Crippen molar-refractivity contribution in [3.63, 3.8) is 0 Å². The van der Waals surface area contributed by atoms with Crippen molar-refractivity contribution in [1.29, 1.82) is 0 Å². The topological polar surface area (TPSA) is 99.1 Å². The summed E-state index contributed by atoms with van der Waals surface area (Å²) in [5, 5.41) is 9.27. The van der Waals surface area contributed by atoms with Crippen LogP contribution >= 0.6 is 0 Å². The molecular formula is C15H21N5O2. The number of hydrogen-bond acceptors (Lipinski definition) is 6. The second kappa shape index (κ2) is 5.92. The Morgan fingerprint density at radius 2 is 2.27 bits per heavy atom. The average molecular weight is 303 g/mol. The summed E-state index contributed by atoms with van der Waals surface area (Å²) in [6.45, 7) is 4.18. The Morgan fingerprint density at radius 1 is 1.45 bits per heavy atom. The van der Waals surface area contributed by atoms with Crippen LogP contribution in [0.1, 0.15) is 32.7 Å². The standard InChI is InChI=1S/C15H21N5O2/c1-3-9(2)22-14-12-13(18-15(16)19-14)20(8-17-12)11-5-4-10(6-11)7-21/h4-5,8-11,21H,3,6-7H2,1-2H3,(H2,16,18,19). The third-order valence-electron chi connectivity index (χ3n) is 4.04. The van der Waals surface area contributed by atoms with Gasteiger partial charge in [-0.3, -0.25) is 0 Å². The zero-order chi connectivity index (χ0) is 15.7. The van der Waals surface area contributed by atoms with E-state index in [1.165, 1.54) is 0 Å². The zero-order valence-electron chi connectivity index (χ0n) is 12.8. The molecule has 0 amide bonds. The maximum atomic E-state index is 9.27. The predicted molar refractivity (Wildman–Crippen MR) is 83.5 cm³/mol. The van der Waals surface area contributed by atoms with E-state index < -0.39 is 0 Å². The van der Waals surface area contributed by atoms with Gasteiger partial charge in [-0.25, -0.2) is 4.98 Å². The maximum absolute atomic E-state index is 9.27. The molecule has 3 rings (SSSR count). The first-order valence-electron chi connectivity index (χ1n) is 7.58. The summed E-state index contributed by atoms with van der Waals surface area (Å²) in [7, 11) is 0. The van der Waals surface area contributed by atoms with E-state index >= 15 is 0 Å². The molecule has 0 saturated heterocycles. The molecule has 3 atom stereocenters. The van der Waals surface area contributed by atoms with Gasteiger partial charge in [0.25, 0.3) is 0 Å². The Labute approximate surface area is 128 Å². The number of imidazole rings is 1. The lowest BCUT2D eigenvalue weighted by molar-refractivity contribution is 0.211. The Kier molecular flexibility index (Phi) is 3.98. The van der Waals surface area contributed by atoms with Crippen LogP contribution in [0.5, 0.6) is 5.88 Å². The Balaban J connectivity index is 1.99. The molecule has 2 aromatic rings. The summed E-state index contributed by atoms with van der Waals surface area (Å²) in [6, 6.07) is 0.118. The number of anilines is 1. The zero-order valence-corrected chi connectivity index (χ0v) is 12.8. The van der Waals surface area contributed by atoms with Crippen LogP contribution in [-0.2, 0) is 0 Å². The first kappa shape index (κ1) is 14.8. The monoisotopic (exact) mass is 303 g/mol. The van der Waals surface area contributed by atoms with Crippen molar-refractivity contribution >= 4 is 17.1 Å². The number of hydrogen-bond donors (Lipinski definition) is 2. The van der Waals surface area contributed by atoms with Crippen LogP contribution in [0.25, 0.3) is 11.2 Å². The van der Waals surface area contributed by atoms with Gasteiger partial charge in [-0.2, -0.15) is 9.97 Å². The number of allylic oxidation sites excluding steroid dienone is 1. The SMILES string of the molecule is CCC(C)Oc1nc(N)nc2c1ncn2C1C=CC(CO)C1. The first-order valence-corrected chi connectivity index (χ1v) is 7.58. The van der Waals surface area contributed by atoms with Crippen molar-refractivity contribution in [3.8, 4) is 5.88 Å². The number of aliphatic hydroxyl groups excluding tert-OH is 1. The Morgan fingerprint density at radius 3 is 2.95 bits per heavy atom. The minimum Gasteiger partial charge on any atom is -0.473 e. The summed E-state index contributed by atoms with van der Waals surface area (Å²) in [5.74, 6) is 0.780. The van der Waals surface area contributed by atoms with E-state index in [0.29, 0.717) is 17.0 Å². The van der Waals surface area contributed by atoms with Crippen molar-refractivity contribution in [3.05, 3.63) is 18.5 Å². The highest BCUT2D eigenvalue weighted by Gasteiger charge is 2.23. The third-order valence-corrected chi connectivity index (χ3v) is 4.04. The fourth-order valence-electron chi connectivity index (χ4n) is 2.60. The van der Waals surface area contributed by atoms with Crippen LogP contribution in [0.3, 0.4) is 0 Å². The minimum atomic E-state index is 0.0350. The van der Waals surface area contributed by atoms with Gasteiger partial charge in [0.05, 0.1) is 18.5 Å². The molecule has 0 radical (unpaired) electrons. The van der Waals surface area contributed by atoms with E-state index in [-0.39, 0.29) is 30.6 Å². The molecule has 118 valence electrons. The minimum absolute atomic E-state index is 0.0350. The second-order valence-electron chi connectivity index (χ2n) is 5.68. The number of aromatic nitrogens is 4.